The van der Waals surface area contributed by atoms with Crippen molar-refractivity contribution < 1.29 is 4.84 Å². The third-order valence-corrected chi connectivity index (χ3v) is 5.63. The van der Waals surface area contributed by atoms with Crippen LogP contribution < -0.4 is 10.6 Å². The Bertz CT molecular complexity index is 702. The van der Waals surface area contributed by atoms with Gasteiger partial charge in [-0.05, 0) is 37.1 Å². The van der Waals surface area contributed by atoms with Crippen LogP contribution in [0.1, 0.15) is 54.3 Å². The van der Waals surface area contributed by atoms with Crippen LogP contribution in [-0.2, 0) is 11.4 Å². The molecule has 1 aromatic carbocycles. The fraction of sp³-hybridized carbons (Fsp3) is 0.474. The molecule has 134 valence electrons. The van der Waals surface area contributed by atoms with E-state index in [0.29, 0.717) is 18.4 Å². The molecule has 0 bridgehead atoms. The predicted molar refractivity (Wildman–Crippen MR) is 104 cm³/mol. The van der Waals surface area contributed by atoms with Crippen molar-refractivity contribution in [3.63, 3.8) is 0 Å². The van der Waals surface area contributed by atoms with E-state index in [1.165, 1.54) is 37.1 Å². The second kappa shape index (κ2) is 8.34. The Morgan fingerprint density at radius 2 is 1.96 bits per heavy atom. The van der Waals surface area contributed by atoms with E-state index < -0.39 is 0 Å². The Balaban J connectivity index is 1.54. The molecule has 2 N–H and O–H groups in total. The molecule has 1 aliphatic rings. The summed E-state index contributed by atoms with van der Waals surface area (Å²) in [6, 6.07) is 7.91. The van der Waals surface area contributed by atoms with E-state index in [9.17, 15) is 0 Å². The molecule has 1 saturated carbocycles. The van der Waals surface area contributed by atoms with E-state index in [4.69, 9.17) is 15.6 Å². The standard InChI is InChI=1S/C19H26N4OS/c1-23(2)17-10-8-14(9-11-17)18(20)22-24-12-16-13-25-19(21-16)15-6-4-3-5-7-15/h8-11,13,15H,3-7,12H2,1-2H3,(H2,20,22). The first-order chi connectivity index (χ1) is 12.1. The van der Waals surface area contributed by atoms with Gasteiger partial charge in [0, 0.05) is 36.6 Å². The number of aromatic nitrogens is 1. The highest BCUT2D eigenvalue weighted by Gasteiger charge is 2.18. The average molecular weight is 359 g/mol. The van der Waals surface area contributed by atoms with Crippen LogP contribution in [0.25, 0.3) is 0 Å². The number of nitrogens with zero attached hydrogens (tertiary/aromatic N) is 3. The number of benzene rings is 1. The number of nitrogens with two attached hydrogens (primary N) is 1. The van der Waals surface area contributed by atoms with E-state index >= 15 is 0 Å². The maximum atomic E-state index is 6.00. The van der Waals surface area contributed by atoms with Crippen molar-refractivity contribution in [3.05, 3.63) is 45.9 Å². The summed E-state index contributed by atoms with van der Waals surface area (Å²) in [5.74, 6) is 1.02. The van der Waals surface area contributed by atoms with Gasteiger partial charge in [-0.3, -0.25) is 0 Å². The van der Waals surface area contributed by atoms with Gasteiger partial charge in [0.2, 0.25) is 0 Å². The number of rotatable bonds is 6. The smallest absolute Gasteiger partial charge is 0.170 e. The lowest BCUT2D eigenvalue weighted by Crippen LogP contribution is -2.14. The third-order valence-electron chi connectivity index (χ3n) is 4.58. The van der Waals surface area contributed by atoms with Gasteiger partial charge in [0.1, 0.15) is 0 Å². The SMILES string of the molecule is CN(C)c1ccc(C(N)=NOCc2csc(C3CCCCC3)n2)cc1. The van der Waals surface area contributed by atoms with Crippen molar-refractivity contribution in [3.8, 4) is 0 Å². The van der Waals surface area contributed by atoms with E-state index in [-0.39, 0.29) is 0 Å². The Hall–Kier alpha value is -2.08. The monoisotopic (exact) mass is 358 g/mol. The fourth-order valence-electron chi connectivity index (χ4n) is 3.08. The zero-order valence-corrected chi connectivity index (χ0v) is 15.8. The summed E-state index contributed by atoms with van der Waals surface area (Å²) >= 11 is 1.74. The van der Waals surface area contributed by atoms with Crippen LogP contribution in [0.15, 0.2) is 34.8 Å². The molecular formula is C19H26N4OS. The van der Waals surface area contributed by atoms with Crippen molar-refractivity contribution in [2.45, 2.75) is 44.6 Å². The Morgan fingerprint density at radius 3 is 2.64 bits per heavy atom. The molecular weight excluding hydrogens is 332 g/mol. The van der Waals surface area contributed by atoms with Gasteiger partial charge < -0.3 is 15.5 Å². The third kappa shape index (κ3) is 4.72. The lowest BCUT2D eigenvalue weighted by molar-refractivity contribution is 0.128. The van der Waals surface area contributed by atoms with Gasteiger partial charge >= 0.3 is 0 Å². The first kappa shape index (κ1) is 17.7. The highest BCUT2D eigenvalue weighted by atomic mass is 32.1. The molecule has 0 saturated heterocycles. The molecule has 1 fully saturated rings. The van der Waals surface area contributed by atoms with Crippen molar-refractivity contribution >= 4 is 22.9 Å². The molecule has 0 atom stereocenters. The highest BCUT2D eigenvalue weighted by molar-refractivity contribution is 7.09. The number of hydrogen-bond acceptors (Lipinski definition) is 5. The molecule has 0 aliphatic heterocycles. The highest BCUT2D eigenvalue weighted by Crippen LogP contribution is 2.34. The summed E-state index contributed by atoms with van der Waals surface area (Å²) in [4.78, 5) is 12.2. The van der Waals surface area contributed by atoms with Gasteiger partial charge in [0.05, 0.1) is 10.7 Å². The van der Waals surface area contributed by atoms with Crippen LogP contribution >= 0.6 is 11.3 Å². The van der Waals surface area contributed by atoms with Gasteiger partial charge in [-0.1, -0.05) is 24.4 Å². The van der Waals surface area contributed by atoms with Gasteiger partial charge in [0.25, 0.3) is 0 Å². The van der Waals surface area contributed by atoms with E-state index in [0.717, 1.165) is 16.9 Å². The minimum atomic E-state index is 0.361. The number of hydrogen-bond donors (Lipinski definition) is 1. The van der Waals surface area contributed by atoms with E-state index in [1.54, 1.807) is 11.3 Å². The first-order valence-electron chi connectivity index (χ1n) is 8.81. The normalized spacial score (nSPS) is 16.0. The molecule has 0 spiro atoms. The van der Waals surface area contributed by atoms with Crippen LogP contribution in [0.5, 0.6) is 0 Å². The number of amidine groups is 1. The zero-order valence-electron chi connectivity index (χ0n) is 14.9. The van der Waals surface area contributed by atoms with Crippen molar-refractivity contribution in [1.29, 1.82) is 0 Å². The second-order valence-electron chi connectivity index (χ2n) is 6.70. The summed E-state index contributed by atoms with van der Waals surface area (Å²) in [6.07, 6.45) is 6.54. The number of oxime groups is 1. The molecule has 1 aliphatic carbocycles. The Labute approximate surface area is 153 Å². The molecule has 1 aromatic heterocycles. The molecule has 6 heteroatoms. The van der Waals surface area contributed by atoms with Crippen LogP contribution in [-0.4, -0.2) is 24.9 Å². The minimum absolute atomic E-state index is 0.361. The molecule has 0 amide bonds. The molecule has 3 rings (SSSR count). The van der Waals surface area contributed by atoms with E-state index in [1.807, 2.05) is 43.3 Å². The number of anilines is 1. The minimum Gasteiger partial charge on any atom is -0.388 e. The average Bonchev–Trinajstić information content (AvgIpc) is 3.11. The quantitative estimate of drug-likeness (QED) is 0.480. The molecule has 1 heterocycles. The maximum Gasteiger partial charge on any atom is 0.170 e. The summed E-state index contributed by atoms with van der Waals surface area (Å²) in [5, 5.41) is 7.35. The van der Waals surface area contributed by atoms with Gasteiger partial charge in [-0.15, -0.1) is 11.3 Å². The van der Waals surface area contributed by atoms with Gasteiger partial charge in [-0.2, -0.15) is 0 Å². The van der Waals surface area contributed by atoms with Gasteiger partial charge in [0.15, 0.2) is 12.4 Å². The summed E-state index contributed by atoms with van der Waals surface area (Å²) in [6.45, 7) is 0.361. The lowest BCUT2D eigenvalue weighted by atomic mass is 9.90. The van der Waals surface area contributed by atoms with Gasteiger partial charge in [-0.25, -0.2) is 4.98 Å². The maximum absolute atomic E-state index is 6.00. The van der Waals surface area contributed by atoms with Crippen molar-refractivity contribution in [1.82, 2.24) is 4.98 Å². The van der Waals surface area contributed by atoms with Crippen LogP contribution in [0.3, 0.4) is 0 Å². The lowest BCUT2D eigenvalue weighted by Gasteiger charge is -2.18. The second-order valence-corrected chi connectivity index (χ2v) is 7.59. The largest absolute Gasteiger partial charge is 0.388 e. The van der Waals surface area contributed by atoms with Crippen LogP contribution in [0.4, 0.5) is 5.69 Å². The molecule has 25 heavy (non-hydrogen) atoms. The van der Waals surface area contributed by atoms with Crippen LogP contribution in [0, 0.1) is 0 Å². The van der Waals surface area contributed by atoms with Crippen LogP contribution in [0.2, 0.25) is 0 Å². The summed E-state index contributed by atoms with van der Waals surface area (Å²) in [5.41, 5.74) is 8.91. The summed E-state index contributed by atoms with van der Waals surface area (Å²) < 4.78 is 0. The predicted octanol–water partition coefficient (Wildman–Crippen LogP) is 4.09. The Kier molecular flexibility index (Phi) is 5.91. The topological polar surface area (TPSA) is 63.7 Å². The molecule has 2 aromatic rings. The van der Waals surface area contributed by atoms with Crippen molar-refractivity contribution in [2.24, 2.45) is 10.9 Å². The molecule has 0 unspecified atom stereocenters. The fourth-order valence-corrected chi connectivity index (χ4v) is 4.05. The Morgan fingerprint density at radius 1 is 1.24 bits per heavy atom. The summed E-state index contributed by atoms with van der Waals surface area (Å²) in [7, 11) is 4.01. The number of thiazole rings is 1. The van der Waals surface area contributed by atoms with E-state index in [2.05, 4.69) is 10.5 Å². The first-order valence-corrected chi connectivity index (χ1v) is 9.69. The zero-order chi connectivity index (χ0) is 17.6. The van der Waals surface area contributed by atoms with Crippen molar-refractivity contribution in [2.75, 3.05) is 19.0 Å². The molecule has 0 radical (unpaired) electrons. The molecule has 5 nitrogen and oxygen atoms in total.